The summed E-state index contributed by atoms with van der Waals surface area (Å²) in [7, 11) is -3.83. The summed E-state index contributed by atoms with van der Waals surface area (Å²) < 4.78 is 32.6. The largest absolute Gasteiger partial charge is 0.476 e. The van der Waals surface area contributed by atoms with E-state index in [4.69, 9.17) is 4.74 Å². The fraction of sp³-hybridized carbons (Fsp3) is 0.500. The summed E-state index contributed by atoms with van der Waals surface area (Å²) in [5.74, 6) is 0.0585. The van der Waals surface area contributed by atoms with Crippen LogP contribution in [0.15, 0.2) is 23.1 Å². The Bertz CT molecular complexity index is 710. The molecule has 1 amide bonds. The molecule has 2 rings (SSSR count). The molecular weight excluding hydrogens is 308 g/mol. The highest BCUT2D eigenvalue weighted by Crippen LogP contribution is 2.35. The van der Waals surface area contributed by atoms with Gasteiger partial charge in [-0.1, -0.05) is 0 Å². The molecule has 0 bridgehead atoms. The second-order valence-corrected chi connectivity index (χ2v) is 8.05. The van der Waals surface area contributed by atoms with Gasteiger partial charge in [0.05, 0.1) is 22.7 Å². The summed E-state index contributed by atoms with van der Waals surface area (Å²) >= 11 is 0. The van der Waals surface area contributed by atoms with Gasteiger partial charge in [0.15, 0.2) is 5.60 Å². The highest BCUT2D eigenvalue weighted by molar-refractivity contribution is 7.89. The minimum atomic E-state index is -3.83. The van der Waals surface area contributed by atoms with E-state index < -0.39 is 21.2 Å². The van der Waals surface area contributed by atoms with E-state index in [0.29, 0.717) is 11.4 Å². The third kappa shape index (κ3) is 3.23. The second kappa shape index (κ2) is 5.22. The van der Waals surface area contributed by atoms with Crippen molar-refractivity contribution >= 4 is 21.6 Å². The number of amides is 1. The number of carbonyl (C=O) groups is 1. The monoisotopic (exact) mass is 328 g/mol. The molecule has 0 saturated heterocycles. The van der Waals surface area contributed by atoms with E-state index in [9.17, 15) is 18.3 Å². The van der Waals surface area contributed by atoms with Crippen LogP contribution in [0.3, 0.4) is 0 Å². The van der Waals surface area contributed by atoms with E-state index in [2.05, 4.69) is 10.0 Å². The van der Waals surface area contributed by atoms with Crippen LogP contribution in [0.4, 0.5) is 5.69 Å². The van der Waals surface area contributed by atoms with Crippen LogP contribution in [0, 0.1) is 0 Å². The lowest BCUT2D eigenvalue weighted by Crippen LogP contribution is -2.46. The molecule has 1 aliphatic rings. The summed E-state index contributed by atoms with van der Waals surface area (Å²) in [5.41, 5.74) is -1.70. The van der Waals surface area contributed by atoms with Gasteiger partial charge >= 0.3 is 0 Å². The molecule has 0 aliphatic carbocycles. The summed E-state index contributed by atoms with van der Waals surface area (Å²) in [6, 6.07) is 4.22. The third-order valence-electron chi connectivity index (χ3n) is 3.23. The first-order chi connectivity index (χ1) is 9.97. The Hall–Kier alpha value is -1.64. The Kier molecular flexibility index (Phi) is 3.97. The van der Waals surface area contributed by atoms with Crippen LogP contribution in [0.5, 0.6) is 5.75 Å². The molecule has 0 unspecified atom stereocenters. The smallest absolute Gasteiger partial charge is 0.268 e. The van der Waals surface area contributed by atoms with Gasteiger partial charge in [-0.05, 0) is 45.9 Å². The van der Waals surface area contributed by atoms with E-state index >= 15 is 0 Å². The molecule has 122 valence electrons. The molecule has 0 spiro atoms. The molecular formula is C14H20N2O5S. The van der Waals surface area contributed by atoms with Crippen molar-refractivity contribution < 1.29 is 23.1 Å². The average Bonchev–Trinajstić information content (AvgIpc) is 2.38. The molecule has 0 aromatic heterocycles. The zero-order chi connectivity index (χ0) is 16.8. The van der Waals surface area contributed by atoms with Crippen LogP contribution in [0.25, 0.3) is 0 Å². The molecule has 0 radical (unpaired) electrons. The lowest BCUT2D eigenvalue weighted by atomic mass is 10.1. The Labute approximate surface area is 129 Å². The Morgan fingerprint density at radius 2 is 2.00 bits per heavy atom. The molecule has 0 saturated carbocycles. The van der Waals surface area contributed by atoms with Crippen LogP contribution >= 0.6 is 0 Å². The van der Waals surface area contributed by atoms with Gasteiger partial charge in [-0.2, -0.15) is 0 Å². The van der Waals surface area contributed by atoms with Crippen molar-refractivity contribution in [3.05, 3.63) is 18.2 Å². The minimum absolute atomic E-state index is 0.0172. The van der Waals surface area contributed by atoms with Crippen molar-refractivity contribution in [2.75, 3.05) is 11.9 Å². The average molecular weight is 328 g/mol. The maximum Gasteiger partial charge on any atom is 0.268 e. The molecule has 8 heteroatoms. The van der Waals surface area contributed by atoms with Crippen molar-refractivity contribution in [2.24, 2.45) is 0 Å². The number of sulfonamides is 1. The number of fused-ring (bicyclic) bond motifs is 1. The fourth-order valence-electron chi connectivity index (χ4n) is 1.91. The van der Waals surface area contributed by atoms with Gasteiger partial charge in [0.1, 0.15) is 5.75 Å². The molecule has 1 aliphatic heterocycles. The van der Waals surface area contributed by atoms with Crippen molar-refractivity contribution in [2.45, 2.75) is 43.7 Å². The number of carbonyl (C=O) groups excluding carboxylic acids is 1. The van der Waals surface area contributed by atoms with E-state index in [-0.39, 0.29) is 17.4 Å². The number of rotatable bonds is 4. The quantitative estimate of drug-likeness (QED) is 0.760. The molecule has 0 atom stereocenters. The first kappa shape index (κ1) is 16.7. The van der Waals surface area contributed by atoms with Crippen LogP contribution in [0.2, 0.25) is 0 Å². The number of benzene rings is 1. The third-order valence-corrected chi connectivity index (χ3v) is 4.92. The van der Waals surface area contributed by atoms with Gasteiger partial charge in [-0.3, -0.25) is 4.79 Å². The molecule has 7 nitrogen and oxygen atoms in total. The van der Waals surface area contributed by atoms with Gasteiger partial charge < -0.3 is 15.2 Å². The second-order valence-electron chi connectivity index (χ2n) is 6.37. The maximum absolute atomic E-state index is 12.3. The van der Waals surface area contributed by atoms with Gasteiger partial charge in [0.2, 0.25) is 10.0 Å². The highest BCUT2D eigenvalue weighted by atomic mass is 32.2. The van der Waals surface area contributed by atoms with Gasteiger partial charge in [0, 0.05) is 0 Å². The summed E-state index contributed by atoms with van der Waals surface area (Å²) in [6.45, 7) is 6.04. The zero-order valence-corrected chi connectivity index (χ0v) is 13.7. The Morgan fingerprint density at radius 1 is 1.36 bits per heavy atom. The summed E-state index contributed by atoms with van der Waals surface area (Å²) in [6.07, 6.45) is 0. The first-order valence-electron chi connectivity index (χ1n) is 6.76. The first-order valence-corrected chi connectivity index (χ1v) is 8.24. The molecule has 0 fully saturated rings. The molecule has 3 N–H and O–H groups in total. The predicted octanol–water partition coefficient (Wildman–Crippen LogP) is 0.845. The van der Waals surface area contributed by atoms with Crippen molar-refractivity contribution in [1.29, 1.82) is 0 Å². The normalized spacial score (nSPS) is 17.4. The van der Waals surface area contributed by atoms with E-state index in [0.717, 1.165) is 0 Å². The zero-order valence-electron chi connectivity index (χ0n) is 12.9. The number of aliphatic hydroxyl groups excluding tert-OH is 1. The Morgan fingerprint density at radius 3 is 2.59 bits per heavy atom. The van der Waals surface area contributed by atoms with Crippen LogP contribution in [0.1, 0.15) is 27.7 Å². The van der Waals surface area contributed by atoms with E-state index in [1.807, 2.05) is 0 Å². The number of aliphatic hydroxyl groups is 1. The minimum Gasteiger partial charge on any atom is -0.476 e. The number of nitrogens with one attached hydrogen (secondary N) is 2. The molecule has 1 aromatic carbocycles. The molecule has 1 heterocycles. The van der Waals surface area contributed by atoms with Crippen molar-refractivity contribution in [3.8, 4) is 5.75 Å². The lowest BCUT2D eigenvalue weighted by Gasteiger charge is -2.31. The standard InChI is InChI=1S/C14H20N2O5S/c1-13(2,8-17)16-22(19,20)9-5-6-11-10(7-9)15-12(18)14(3,4)21-11/h5-7,16-17H,8H2,1-4H3,(H,15,18). The highest BCUT2D eigenvalue weighted by Gasteiger charge is 2.36. The topological polar surface area (TPSA) is 105 Å². The molecule has 22 heavy (non-hydrogen) atoms. The SMILES string of the molecule is CC(C)(CO)NS(=O)(=O)c1ccc2c(c1)NC(=O)C(C)(C)O2. The lowest BCUT2D eigenvalue weighted by molar-refractivity contribution is -0.129. The van der Waals surface area contributed by atoms with E-state index in [1.165, 1.54) is 18.2 Å². The van der Waals surface area contributed by atoms with E-state index in [1.54, 1.807) is 27.7 Å². The maximum atomic E-state index is 12.3. The van der Waals surface area contributed by atoms with Gasteiger partial charge in [-0.25, -0.2) is 13.1 Å². The van der Waals surface area contributed by atoms with Crippen molar-refractivity contribution in [3.63, 3.8) is 0 Å². The molecule has 1 aromatic rings. The van der Waals surface area contributed by atoms with Gasteiger partial charge in [-0.15, -0.1) is 0 Å². The summed E-state index contributed by atoms with van der Waals surface area (Å²) in [4.78, 5) is 11.9. The Balaban J connectivity index is 2.37. The van der Waals surface area contributed by atoms with Crippen LogP contribution in [-0.2, 0) is 14.8 Å². The number of hydrogen-bond acceptors (Lipinski definition) is 5. The van der Waals surface area contributed by atoms with Crippen LogP contribution in [-0.4, -0.2) is 37.2 Å². The van der Waals surface area contributed by atoms with Gasteiger partial charge in [0.25, 0.3) is 5.91 Å². The summed E-state index contributed by atoms with van der Waals surface area (Å²) in [5, 5.41) is 11.8. The number of anilines is 1. The number of hydrogen-bond donors (Lipinski definition) is 3. The predicted molar refractivity (Wildman–Crippen MR) is 81.3 cm³/mol. The van der Waals surface area contributed by atoms with Crippen molar-refractivity contribution in [1.82, 2.24) is 4.72 Å². The van der Waals surface area contributed by atoms with Crippen LogP contribution < -0.4 is 14.8 Å². The number of ether oxygens (including phenoxy) is 1. The fourth-order valence-corrected chi connectivity index (χ4v) is 3.34.